The molecular weight excluding hydrogens is 446 g/mol. The van der Waals surface area contributed by atoms with E-state index in [9.17, 15) is 13.2 Å². The van der Waals surface area contributed by atoms with E-state index in [-0.39, 0.29) is 16.8 Å². The maximum atomic E-state index is 13.0. The fraction of sp³-hybridized carbons (Fsp3) is 0.458. The highest BCUT2D eigenvalue weighted by atomic mass is 35.5. The van der Waals surface area contributed by atoms with Crippen LogP contribution in [-0.2, 0) is 27.8 Å². The number of nitrogens with one attached hydrogen (secondary N) is 2. The van der Waals surface area contributed by atoms with Crippen LogP contribution in [0.1, 0.15) is 48.3 Å². The van der Waals surface area contributed by atoms with Gasteiger partial charge in [0.15, 0.2) is 0 Å². The topological polar surface area (TPSA) is 78.5 Å². The first-order valence-corrected chi connectivity index (χ1v) is 12.8. The predicted octanol–water partition coefficient (Wildman–Crippen LogP) is 3.69. The molecule has 8 heteroatoms. The van der Waals surface area contributed by atoms with Crippen LogP contribution in [0.2, 0.25) is 5.02 Å². The molecule has 2 aromatic rings. The SMILES string of the molecule is CNCc1cc(CC(=O)NC)ccc1[C@H]1CC[C@H](N(C)S(=O)(=O)c2ccc(Cl)cc2)CC1. The van der Waals surface area contributed by atoms with Crippen molar-refractivity contribution in [2.24, 2.45) is 0 Å². The summed E-state index contributed by atoms with van der Waals surface area (Å²) in [6.07, 6.45) is 3.85. The Kier molecular flexibility index (Phi) is 8.33. The van der Waals surface area contributed by atoms with Crippen LogP contribution in [0.5, 0.6) is 0 Å². The van der Waals surface area contributed by atoms with Crippen molar-refractivity contribution in [1.82, 2.24) is 14.9 Å². The first-order chi connectivity index (χ1) is 15.3. The lowest BCUT2D eigenvalue weighted by Crippen LogP contribution is -2.39. The van der Waals surface area contributed by atoms with E-state index in [4.69, 9.17) is 11.6 Å². The number of hydrogen-bond donors (Lipinski definition) is 2. The standard InChI is InChI=1S/C24H32ClN3O3S/c1-26-16-19-14-17(15-24(29)27-2)4-13-23(19)18-5-9-21(10-6-18)28(3)32(30,31)22-11-7-20(25)8-12-22/h4,7-8,11-14,18,21,26H,5-6,9-10,15-16H2,1-3H3,(H,27,29)/t18-,21-. The third kappa shape index (κ3) is 5.70. The molecule has 0 spiro atoms. The van der Waals surface area contributed by atoms with Crippen molar-refractivity contribution < 1.29 is 13.2 Å². The molecule has 0 aromatic heterocycles. The number of hydrogen-bond acceptors (Lipinski definition) is 4. The van der Waals surface area contributed by atoms with Crippen molar-refractivity contribution >= 4 is 27.5 Å². The minimum atomic E-state index is -3.55. The lowest BCUT2D eigenvalue weighted by atomic mass is 9.79. The van der Waals surface area contributed by atoms with Crippen LogP contribution in [-0.4, -0.2) is 45.8 Å². The zero-order valence-corrected chi connectivity index (χ0v) is 20.5. The first kappa shape index (κ1) is 24.7. The molecule has 1 amide bonds. The molecule has 0 bridgehead atoms. The Bertz CT molecular complexity index is 1030. The smallest absolute Gasteiger partial charge is 0.243 e. The van der Waals surface area contributed by atoms with Gasteiger partial charge in [-0.1, -0.05) is 29.8 Å². The molecule has 1 saturated carbocycles. The Balaban J connectivity index is 1.70. The van der Waals surface area contributed by atoms with Gasteiger partial charge in [0.25, 0.3) is 0 Å². The van der Waals surface area contributed by atoms with E-state index in [1.54, 1.807) is 38.4 Å². The number of sulfonamides is 1. The molecule has 0 saturated heterocycles. The molecule has 1 fully saturated rings. The van der Waals surface area contributed by atoms with E-state index in [0.717, 1.165) is 37.8 Å². The molecule has 1 aliphatic rings. The molecule has 3 rings (SSSR count). The molecule has 0 radical (unpaired) electrons. The molecule has 6 nitrogen and oxygen atoms in total. The third-order valence-electron chi connectivity index (χ3n) is 6.36. The summed E-state index contributed by atoms with van der Waals surface area (Å²) in [6.45, 7) is 0.738. The van der Waals surface area contributed by atoms with Gasteiger partial charge in [0, 0.05) is 31.7 Å². The summed E-state index contributed by atoms with van der Waals surface area (Å²) in [5.74, 6) is 0.383. The van der Waals surface area contributed by atoms with Crippen LogP contribution >= 0.6 is 11.6 Å². The molecule has 2 N–H and O–H groups in total. The van der Waals surface area contributed by atoms with Gasteiger partial charge in [-0.2, -0.15) is 4.31 Å². The second-order valence-electron chi connectivity index (χ2n) is 8.39. The normalized spacial score (nSPS) is 19.2. The van der Waals surface area contributed by atoms with E-state index in [0.29, 0.717) is 17.4 Å². The Morgan fingerprint density at radius 1 is 1.06 bits per heavy atom. The van der Waals surface area contributed by atoms with Crippen molar-refractivity contribution in [2.45, 2.75) is 55.5 Å². The van der Waals surface area contributed by atoms with Gasteiger partial charge < -0.3 is 10.6 Å². The van der Waals surface area contributed by atoms with Crippen LogP contribution in [0.3, 0.4) is 0 Å². The first-order valence-electron chi connectivity index (χ1n) is 11.0. The van der Waals surface area contributed by atoms with Crippen molar-refractivity contribution in [2.75, 3.05) is 21.1 Å². The third-order valence-corrected chi connectivity index (χ3v) is 8.54. The van der Waals surface area contributed by atoms with Gasteiger partial charge in [-0.05, 0) is 79.6 Å². The zero-order chi connectivity index (χ0) is 23.3. The number of nitrogens with zero attached hydrogens (tertiary/aromatic N) is 1. The van der Waals surface area contributed by atoms with E-state index in [1.165, 1.54) is 15.4 Å². The number of carbonyl (C=O) groups excluding carboxylic acids is 1. The van der Waals surface area contributed by atoms with E-state index < -0.39 is 10.0 Å². The summed E-state index contributed by atoms with van der Waals surface area (Å²) in [4.78, 5) is 12.0. The fourth-order valence-corrected chi connectivity index (χ4v) is 6.05. The van der Waals surface area contributed by atoms with Gasteiger partial charge >= 0.3 is 0 Å². The minimum Gasteiger partial charge on any atom is -0.359 e. The van der Waals surface area contributed by atoms with Crippen LogP contribution in [0.4, 0.5) is 0 Å². The largest absolute Gasteiger partial charge is 0.359 e. The summed E-state index contributed by atoms with van der Waals surface area (Å²) < 4.78 is 27.6. The number of likely N-dealkylation sites (N-methyl/N-ethyl adjacent to an activating group) is 1. The number of rotatable bonds is 8. The molecule has 174 valence electrons. The summed E-state index contributed by atoms with van der Waals surface area (Å²) >= 11 is 5.91. The van der Waals surface area contributed by atoms with Crippen LogP contribution < -0.4 is 10.6 Å². The quantitative estimate of drug-likeness (QED) is 0.607. The highest BCUT2D eigenvalue weighted by molar-refractivity contribution is 7.89. The molecule has 2 aromatic carbocycles. The van der Waals surface area contributed by atoms with Gasteiger partial charge in [0.2, 0.25) is 15.9 Å². The molecular formula is C24H32ClN3O3S. The summed E-state index contributed by atoms with van der Waals surface area (Å²) in [5, 5.41) is 6.42. The summed E-state index contributed by atoms with van der Waals surface area (Å²) in [7, 11) is 1.69. The lowest BCUT2D eigenvalue weighted by Gasteiger charge is -2.35. The summed E-state index contributed by atoms with van der Waals surface area (Å²) in [5.41, 5.74) is 3.50. The highest BCUT2D eigenvalue weighted by Gasteiger charge is 2.32. The maximum absolute atomic E-state index is 13.0. The second kappa shape index (κ2) is 10.8. The Morgan fingerprint density at radius 3 is 2.31 bits per heavy atom. The van der Waals surface area contributed by atoms with Crippen molar-refractivity contribution in [3.63, 3.8) is 0 Å². The van der Waals surface area contributed by atoms with Crippen molar-refractivity contribution in [1.29, 1.82) is 0 Å². The van der Waals surface area contributed by atoms with Gasteiger partial charge in [0.1, 0.15) is 0 Å². The second-order valence-corrected chi connectivity index (χ2v) is 10.8. The Morgan fingerprint density at radius 2 is 1.72 bits per heavy atom. The molecule has 0 heterocycles. The molecule has 0 unspecified atom stereocenters. The monoisotopic (exact) mass is 477 g/mol. The average Bonchev–Trinajstić information content (AvgIpc) is 2.79. The van der Waals surface area contributed by atoms with Gasteiger partial charge in [0.05, 0.1) is 11.3 Å². The Labute approximate surface area is 196 Å². The highest BCUT2D eigenvalue weighted by Crippen LogP contribution is 2.37. The minimum absolute atomic E-state index is 0.00130. The Hall–Kier alpha value is -1.93. The number of amides is 1. The van der Waals surface area contributed by atoms with Crippen LogP contribution in [0, 0.1) is 0 Å². The van der Waals surface area contributed by atoms with E-state index in [2.05, 4.69) is 22.8 Å². The lowest BCUT2D eigenvalue weighted by molar-refractivity contribution is -0.119. The number of halogens is 1. The average molecular weight is 478 g/mol. The number of carbonyl (C=O) groups is 1. The maximum Gasteiger partial charge on any atom is 0.243 e. The summed E-state index contributed by atoms with van der Waals surface area (Å²) in [6, 6.07) is 12.6. The predicted molar refractivity (Wildman–Crippen MR) is 128 cm³/mol. The van der Waals surface area contributed by atoms with Crippen LogP contribution in [0.25, 0.3) is 0 Å². The molecule has 0 atom stereocenters. The van der Waals surface area contributed by atoms with E-state index in [1.807, 2.05) is 13.1 Å². The molecule has 1 aliphatic carbocycles. The van der Waals surface area contributed by atoms with Crippen molar-refractivity contribution in [3.05, 3.63) is 64.2 Å². The van der Waals surface area contributed by atoms with E-state index >= 15 is 0 Å². The van der Waals surface area contributed by atoms with Crippen molar-refractivity contribution in [3.8, 4) is 0 Å². The fourth-order valence-electron chi connectivity index (χ4n) is 4.50. The zero-order valence-electron chi connectivity index (χ0n) is 18.9. The number of benzene rings is 2. The van der Waals surface area contributed by atoms with Gasteiger partial charge in [-0.25, -0.2) is 8.42 Å². The van der Waals surface area contributed by atoms with Crippen LogP contribution in [0.15, 0.2) is 47.4 Å². The van der Waals surface area contributed by atoms with Gasteiger partial charge in [-0.15, -0.1) is 0 Å². The molecule has 0 aliphatic heterocycles. The van der Waals surface area contributed by atoms with Gasteiger partial charge in [-0.3, -0.25) is 4.79 Å². The molecule has 32 heavy (non-hydrogen) atoms.